The first-order chi connectivity index (χ1) is 16.6. The molecule has 0 unspecified atom stereocenters. The molecule has 1 amide bonds. The highest BCUT2D eigenvalue weighted by Gasteiger charge is 2.28. The summed E-state index contributed by atoms with van der Waals surface area (Å²) in [4.78, 5) is 17.5. The van der Waals surface area contributed by atoms with E-state index in [4.69, 9.17) is 27.9 Å². The summed E-state index contributed by atoms with van der Waals surface area (Å²) in [5, 5.41) is 7.67. The molecule has 0 atom stereocenters. The van der Waals surface area contributed by atoms with Gasteiger partial charge in [-0.15, -0.1) is 0 Å². The average Bonchev–Trinajstić information content (AvgIpc) is 2.87. The maximum atomic E-state index is 13.0. The minimum absolute atomic E-state index is 0.176. The van der Waals surface area contributed by atoms with Crippen molar-refractivity contribution < 1.29 is 15.0 Å². The van der Waals surface area contributed by atoms with Crippen molar-refractivity contribution >= 4 is 40.5 Å². The van der Waals surface area contributed by atoms with Gasteiger partial charge in [0.2, 0.25) is 5.70 Å². The second-order valence-electron chi connectivity index (χ2n) is 8.33. The minimum atomic E-state index is -0.176. The third-order valence-electron chi connectivity index (χ3n) is 6.08. The number of ether oxygens (including phenoxy) is 1. The van der Waals surface area contributed by atoms with Gasteiger partial charge in [-0.2, -0.15) is 0 Å². The molecule has 3 aliphatic heterocycles. The van der Waals surface area contributed by atoms with Crippen molar-refractivity contribution in [1.29, 1.82) is 0 Å². The zero-order valence-corrected chi connectivity index (χ0v) is 20.1. The van der Waals surface area contributed by atoms with Gasteiger partial charge in [0.25, 0.3) is 0 Å². The predicted molar refractivity (Wildman–Crippen MR) is 133 cm³/mol. The van der Waals surface area contributed by atoms with Crippen molar-refractivity contribution in [2.75, 3.05) is 49.6 Å². The largest absolute Gasteiger partial charge is 0.378 e. The average molecular weight is 502 g/mol. The van der Waals surface area contributed by atoms with Gasteiger partial charge >= 0.3 is 5.91 Å². The molecule has 0 saturated carbocycles. The quantitative estimate of drug-likeness (QED) is 0.469. The van der Waals surface area contributed by atoms with Crippen LogP contribution in [0.2, 0.25) is 10.0 Å². The number of carbonyl (C=O) groups excluding carboxylic acids is 1. The van der Waals surface area contributed by atoms with Crippen LogP contribution < -0.4 is 26.4 Å². The molecule has 5 N–H and O–H groups in total. The molecule has 0 spiro atoms. The fraction of sp³-hybridized carbons (Fsp3) is 0.292. The molecule has 0 aromatic heterocycles. The van der Waals surface area contributed by atoms with Crippen molar-refractivity contribution in [3.63, 3.8) is 0 Å². The summed E-state index contributed by atoms with van der Waals surface area (Å²) in [6, 6.07) is 13.4. The molecule has 0 bridgehead atoms. The number of hydrogen-bond acceptors (Lipinski definition) is 6. The summed E-state index contributed by atoms with van der Waals surface area (Å²) in [5.74, 6) is 0.695. The summed E-state index contributed by atoms with van der Waals surface area (Å²) >= 11 is 12.6. The topological polar surface area (TPSA) is 85.5 Å². The van der Waals surface area contributed by atoms with E-state index in [0.29, 0.717) is 22.3 Å². The number of morpholine rings is 1. The second kappa shape index (κ2) is 10.1. The Labute approximate surface area is 208 Å². The molecule has 34 heavy (non-hydrogen) atoms. The summed E-state index contributed by atoms with van der Waals surface area (Å²) in [5.41, 5.74) is 9.23. The number of rotatable bonds is 5. The predicted octanol–water partition coefficient (Wildman–Crippen LogP) is 2.01. The van der Waals surface area contributed by atoms with Crippen LogP contribution in [0.1, 0.15) is 5.56 Å². The molecular weight excluding hydrogens is 475 g/mol. The third kappa shape index (κ3) is 5.10. The zero-order chi connectivity index (χ0) is 23.5. The van der Waals surface area contributed by atoms with Gasteiger partial charge in [-0.25, -0.2) is 10.9 Å². The number of nitrogens with zero attached hydrogens (tertiary/aromatic N) is 2. The number of anilines is 2. The Balaban J connectivity index is 1.29. The monoisotopic (exact) mass is 501 g/mol. The first-order valence-electron chi connectivity index (χ1n) is 11.3. The first-order valence-corrected chi connectivity index (χ1v) is 12.0. The second-order valence-corrected chi connectivity index (χ2v) is 9.18. The van der Waals surface area contributed by atoms with E-state index in [9.17, 15) is 4.79 Å². The molecule has 5 rings (SSSR count). The number of nitrogens with one attached hydrogen (secondary N) is 3. The lowest BCUT2D eigenvalue weighted by atomic mass is 10.1. The van der Waals surface area contributed by atoms with Crippen molar-refractivity contribution in [3.05, 3.63) is 81.4 Å². The van der Waals surface area contributed by atoms with E-state index in [1.54, 1.807) is 11.5 Å². The zero-order valence-electron chi connectivity index (χ0n) is 18.6. The van der Waals surface area contributed by atoms with Gasteiger partial charge in [0, 0.05) is 60.2 Å². The summed E-state index contributed by atoms with van der Waals surface area (Å²) in [6.45, 7) is 5.38. The Kier molecular flexibility index (Phi) is 6.82. The van der Waals surface area contributed by atoms with Crippen LogP contribution in [0, 0.1) is 0 Å². The standard InChI is InChI=1S/C24H26Cl2N6O2/c25-17-1-6-20(26)16(13-17)15-32-8-7-27-23-22(32)14-21(29-30-23)24(33)28-18-2-4-19(5-3-18)31-9-11-34-12-10-31/h1-6,13-14,27,29-30H,7-12,15H2,(H,28,33)/p+1. The summed E-state index contributed by atoms with van der Waals surface area (Å²) in [6.07, 6.45) is 1.90. The van der Waals surface area contributed by atoms with Crippen LogP contribution in [0.15, 0.2) is 65.8 Å². The molecule has 3 heterocycles. The SMILES string of the molecule is O=C(Nc1ccc(N2CCOCC2)cc1)C1=CC2=C(NCCN2Cc2cc(Cl)ccc2Cl)N[NH2+]1. The fourth-order valence-electron chi connectivity index (χ4n) is 4.26. The molecule has 178 valence electrons. The van der Waals surface area contributed by atoms with Crippen molar-refractivity contribution in [3.8, 4) is 0 Å². The van der Waals surface area contributed by atoms with Crippen LogP contribution >= 0.6 is 23.2 Å². The Morgan fingerprint density at radius 2 is 1.88 bits per heavy atom. The number of hydrogen-bond donors (Lipinski definition) is 4. The van der Waals surface area contributed by atoms with Crippen molar-refractivity contribution in [2.45, 2.75) is 6.54 Å². The van der Waals surface area contributed by atoms with Gasteiger partial charge < -0.3 is 25.2 Å². The molecule has 3 aliphatic rings. The highest BCUT2D eigenvalue weighted by atomic mass is 35.5. The van der Waals surface area contributed by atoms with E-state index in [0.717, 1.165) is 67.8 Å². The molecule has 2 aromatic rings. The van der Waals surface area contributed by atoms with Gasteiger partial charge in [-0.3, -0.25) is 4.79 Å². The fourth-order valence-corrected chi connectivity index (χ4v) is 4.63. The van der Waals surface area contributed by atoms with E-state index in [-0.39, 0.29) is 5.91 Å². The van der Waals surface area contributed by atoms with E-state index in [1.165, 1.54) is 0 Å². The first kappa shape index (κ1) is 22.9. The number of carbonyl (C=O) groups is 1. The molecule has 2 aromatic carbocycles. The molecule has 1 fully saturated rings. The van der Waals surface area contributed by atoms with Gasteiger partial charge in [0.1, 0.15) is 0 Å². The van der Waals surface area contributed by atoms with Crippen LogP contribution in [0.4, 0.5) is 11.4 Å². The molecule has 0 radical (unpaired) electrons. The number of amides is 1. The minimum Gasteiger partial charge on any atom is -0.378 e. The number of allylic oxidation sites excluding steroid dienone is 1. The van der Waals surface area contributed by atoms with E-state index in [2.05, 4.69) is 25.9 Å². The molecule has 8 nitrogen and oxygen atoms in total. The Morgan fingerprint density at radius 3 is 2.68 bits per heavy atom. The van der Waals surface area contributed by atoms with E-state index in [1.807, 2.05) is 42.5 Å². The lowest BCUT2D eigenvalue weighted by Crippen LogP contribution is -2.94. The number of halogens is 2. The molecule has 1 saturated heterocycles. The number of benzene rings is 2. The normalized spacial score (nSPS) is 18.0. The highest BCUT2D eigenvalue weighted by molar-refractivity contribution is 6.33. The van der Waals surface area contributed by atoms with Crippen LogP contribution in [0.25, 0.3) is 0 Å². The number of quaternary nitrogens is 1. The van der Waals surface area contributed by atoms with Gasteiger partial charge in [-0.1, -0.05) is 23.2 Å². The van der Waals surface area contributed by atoms with E-state index >= 15 is 0 Å². The Morgan fingerprint density at radius 1 is 1.09 bits per heavy atom. The number of nitrogens with two attached hydrogens (primary N) is 1. The Hall–Kier alpha value is -2.91. The van der Waals surface area contributed by atoms with Crippen molar-refractivity contribution in [1.82, 2.24) is 15.6 Å². The smallest absolute Gasteiger partial charge is 0.312 e. The summed E-state index contributed by atoms with van der Waals surface area (Å²) in [7, 11) is 0. The van der Waals surface area contributed by atoms with Crippen LogP contribution in [0.3, 0.4) is 0 Å². The van der Waals surface area contributed by atoms with Gasteiger partial charge in [0.15, 0.2) is 5.82 Å². The maximum Gasteiger partial charge on any atom is 0.312 e. The van der Waals surface area contributed by atoms with Gasteiger partial charge in [0.05, 0.1) is 18.9 Å². The third-order valence-corrected chi connectivity index (χ3v) is 6.68. The lowest BCUT2D eigenvalue weighted by Gasteiger charge is -2.34. The highest BCUT2D eigenvalue weighted by Crippen LogP contribution is 2.26. The van der Waals surface area contributed by atoms with Crippen LogP contribution in [0.5, 0.6) is 0 Å². The van der Waals surface area contributed by atoms with Crippen LogP contribution in [-0.2, 0) is 16.1 Å². The van der Waals surface area contributed by atoms with E-state index < -0.39 is 0 Å². The maximum absolute atomic E-state index is 13.0. The van der Waals surface area contributed by atoms with Crippen molar-refractivity contribution in [2.24, 2.45) is 0 Å². The lowest BCUT2D eigenvalue weighted by molar-refractivity contribution is -0.655. The molecule has 10 heteroatoms. The van der Waals surface area contributed by atoms with Gasteiger partial charge in [-0.05, 0) is 48.0 Å². The molecule has 0 aliphatic carbocycles. The summed E-state index contributed by atoms with van der Waals surface area (Å²) < 4.78 is 5.42. The van der Waals surface area contributed by atoms with Crippen LogP contribution in [-0.4, -0.2) is 50.2 Å². The Bertz CT molecular complexity index is 1130. The molecular formula is C24H27Cl2N6O2+.